The van der Waals surface area contributed by atoms with E-state index in [-0.39, 0.29) is 6.10 Å². The van der Waals surface area contributed by atoms with Crippen molar-refractivity contribution in [2.75, 3.05) is 13.1 Å². The molecule has 1 aliphatic heterocycles. The highest BCUT2D eigenvalue weighted by molar-refractivity contribution is 4.80. The molecular weight excluding hydrogens is 174 g/mol. The number of likely N-dealkylation sites (tertiary alicyclic amines) is 1. The first-order valence-electron chi connectivity index (χ1n) is 6.28. The summed E-state index contributed by atoms with van der Waals surface area (Å²) in [5, 5.41) is 9.64. The Morgan fingerprint density at radius 2 is 1.57 bits per heavy atom. The Kier molecular flexibility index (Phi) is 3.82. The molecule has 0 amide bonds. The minimum absolute atomic E-state index is 0.0491. The van der Waals surface area contributed by atoms with Crippen molar-refractivity contribution in [3.63, 3.8) is 0 Å². The second kappa shape index (κ2) is 5.13. The van der Waals surface area contributed by atoms with Gasteiger partial charge in [0.25, 0.3) is 0 Å². The van der Waals surface area contributed by atoms with E-state index in [2.05, 4.69) is 4.90 Å². The minimum atomic E-state index is -0.0491. The highest BCUT2D eigenvalue weighted by Crippen LogP contribution is 2.24. The molecule has 0 spiro atoms. The van der Waals surface area contributed by atoms with Gasteiger partial charge in [-0.3, -0.25) is 4.90 Å². The SMILES string of the molecule is OC1CCCN(C2CCCCCC2)C1. The fourth-order valence-electron chi connectivity index (χ4n) is 2.94. The molecule has 0 aromatic carbocycles. The average molecular weight is 197 g/mol. The molecule has 1 saturated heterocycles. The van der Waals surface area contributed by atoms with E-state index in [1.165, 1.54) is 51.5 Å². The number of aliphatic hydroxyl groups is 1. The summed E-state index contributed by atoms with van der Waals surface area (Å²) in [5.74, 6) is 0. The molecule has 0 radical (unpaired) electrons. The van der Waals surface area contributed by atoms with Gasteiger partial charge in [-0.05, 0) is 32.2 Å². The molecule has 2 nitrogen and oxygen atoms in total. The molecule has 1 aliphatic carbocycles. The van der Waals surface area contributed by atoms with Crippen LogP contribution in [0.1, 0.15) is 51.4 Å². The summed E-state index contributed by atoms with van der Waals surface area (Å²) >= 11 is 0. The summed E-state index contributed by atoms with van der Waals surface area (Å²) in [6.07, 6.45) is 10.5. The molecule has 0 aromatic heterocycles. The zero-order valence-electron chi connectivity index (χ0n) is 9.12. The summed E-state index contributed by atoms with van der Waals surface area (Å²) in [6, 6.07) is 0.785. The molecule has 1 atom stereocenters. The van der Waals surface area contributed by atoms with E-state index < -0.39 is 0 Å². The van der Waals surface area contributed by atoms with Gasteiger partial charge in [0, 0.05) is 12.6 Å². The van der Waals surface area contributed by atoms with Gasteiger partial charge in [-0.2, -0.15) is 0 Å². The third-order valence-electron chi connectivity index (χ3n) is 3.77. The van der Waals surface area contributed by atoms with Crippen molar-refractivity contribution in [1.82, 2.24) is 4.90 Å². The van der Waals surface area contributed by atoms with Gasteiger partial charge in [0.1, 0.15) is 0 Å². The molecule has 2 rings (SSSR count). The average Bonchev–Trinajstić information content (AvgIpc) is 2.45. The van der Waals surface area contributed by atoms with Crippen LogP contribution in [0.3, 0.4) is 0 Å². The first kappa shape index (κ1) is 10.4. The Morgan fingerprint density at radius 1 is 0.857 bits per heavy atom. The van der Waals surface area contributed by atoms with Gasteiger partial charge >= 0.3 is 0 Å². The van der Waals surface area contributed by atoms with E-state index in [9.17, 15) is 5.11 Å². The molecule has 2 fully saturated rings. The molecule has 0 aromatic rings. The second-order valence-electron chi connectivity index (χ2n) is 4.94. The van der Waals surface area contributed by atoms with Gasteiger partial charge in [-0.15, -0.1) is 0 Å². The predicted molar refractivity (Wildman–Crippen MR) is 58.3 cm³/mol. The minimum Gasteiger partial charge on any atom is -0.392 e. The first-order chi connectivity index (χ1) is 6.86. The standard InChI is InChI=1S/C12H23NO/c14-12-8-5-9-13(10-12)11-6-3-1-2-4-7-11/h11-12,14H,1-10H2. The number of piperidine rings is 1. The maximum absolute atomic E-state index is 9.64. The Bertz CT molecular complexity index is 164. The predicted octanol–water partition coefficient (Wildman–Crippen LogP) is 2.17. The molecule has 1 heterocycles. The molecule has 14 heavy (non-hydrogen) atoms. The van der Waals surface area contributed by atoms with E-state index in [1.807, 2.05) is 0 Å². The molecule has 1 unspecified atom stereocenters. The van der Waals surface area contributed by atoms with Crippen LogP contribution < -0.4 is 0 Å². The van der Waals surface area contributed by atoms with Crippen molar-refractivity contribution in [1.29, 1.82) is 0 Å². The summed E-state index contributed by atoms with van der Waals surface area (Å²) in [7, 11) is 0. The number of hydrogen-bond acceptors (Lipinski definition) is 2. The lowest BCUT2D eigenvalue weighted by molar-refractivity contribution is 0.0423. The second-order valence-corrected chi connectivity index (χ2v) is 4.94. The maximum atomic E-state index is 9.64. The van der Waals surface area contributed by atoms with E-state index in [0.717, 1.165) is 19.0 Å². The van der Waals surface area contributed by atoms with Crippen LogP contribution in [0.25, 0.3) is 0 Å². The normalized spacial score (nSPS) is 32.8. The van der Waals surface area contributed by atoms with Crippen molar-refractivity contribution in [3.05, 3.63) is 0 Å². The highest BCUT2D eigenvalue weighted by Gasteiger charge is 2.24. The van der Waals surface area contributed by atoms with Crippen molar-refractivity contribution >= 4 is 0 Å². The lowest BCUT2D eigenvalue weighted by Crippen LogP contribution is -2.44. The number of hydrogen-bond donors (Lipinski definition) is 1. The molecule has 0 bridgehead atoms. The summed E-state index contributed by atoms with van der Waals surface area (Å²) in [4.78, 5) is 2.54. The van der Waals surface area contributed by atoms with Crippen LogP contribution in [-0.2, 0) is 0 Å². The van der Waals surface area contributed by atoms with Gasteiger partial charge < -0.3 is 5.11 Å². The van der Waals surface area contributed by atoms with Crippen molar-refractivity contribution in [3.8, 4) is 0 Å². The van der Waals surface area contributed by atoms with Crippen molar-refractivity contribution < 1.29 is 5.11 Å². The Morgan fingerprint density at radius 3 is 2.21 bits per heavy atom. The third kappa shape index (κ3) is 2.71. The van der Waals surface area contributed by atoms with Gasteiger partial charge in [0.2, 0.25) is 0 Å². The van der Waals surface area contributed by atoms with Crippen LogP contribution in [0.5, 0.6) is 0 Å². The lowest BCUT2D eigenvalue weighted by Gasteiger charge is -2.36. The third-order valence-corrected chi connectivity index (χ3v) is 3.77. The van der Waals surface area contributed by atoms with Gasteiger partial charge in [-0.1, -0.05) is 25.7 Å². The number of nitrogens with zero attached hydrogens (tertiary/aromatic N) is 1. The molecular formula is C12H23NO. The Labute approximate surface area is 87.3 Å². The van der Waals surface area contributed by atoms with Gasteiger partial charge in [0.05, 0.1) is 6.10 Å². The van der Waals surface area contributed by atoms with Crippen LogP contribution in [-0.4, -0.2) is 35.2 Å². The molecule has 2 heteroatoms. The molecule has 1 N–H and O–H groups in total. The Hall–Kier alpha value is -0.0800. The smallest absolute Gasteiger partial charge is 0.0667 e. The van der Waals surface area contributed by atoms with Crippen LogP contribution in [0.4, 0.5) is 0 Å². The number of rotatable bonds is 1. The zero-order chi connectivity index (χ0) is 9.80. The number of β-amino-alcohol motifs (C(OH)–C–C–N with tert-alkyl or cyclic N) is 1. The van der Waals surface area contributed by atoms with E-state index in [0.29, 0.717) is 0 Å². The van der Waals surface area contributed by atoms with E-state index >= 15 is 0 Å². The van der Waals surface area contributed by atoms with Crippen LogP contribution in [0.2, 0.25) is 0 Å². The molecule has 1 saturated carbocycles. The zero-order valence-corrected chi connectivity index (χ0v) is 9.12. The van der Waals surface area contributed by atoms with E-state index in [1.54, 1.807) is 0 Å². The quantitative estimate of drug-likeness (QED) is 0.651. The van der Waals surface area contributed by atoms with Crippen molar-refractivity contribution in [2.45, 2.75) is 63.5 Å². The number of aliphatic hydroxyl groups excluding tert-OH is 1. The summed E-state index contributed by atoms with van der Waals surface area (Å²) in [6.45, 7) is 2.16. The summed E-state index contributed by atoms with van der Waals surface area (Å²) in [5.41, 5.74) is 0. The van der Waals surface area contributed by atoms with Gasteiger partial charge in [0.15, 0.2) is 0 Å². The summed E-state index contributed by atoms with van der Waals surface area (Å²) < 4.78 is 0. The van der Waals surface area contributed by atoms with Crippen LogP contribution in [0, 0.1) is 0 Å². The first-order valence-corrected chi connectivity index (χ1v) is 6.28. The van der Waals surface area contributed by atoms with E-state index in [4.69, 9.17) is 0 Å². The monoisotopic (exact) mass is 197 g/mol. The maximum Gasteiger partial charge on any atom is 0.0667 e. The molecule has 82 valence electrons. The fourth-order valence-corrected chi connectivity index (χ4v) is 2.94. The van der Waals surface area contributed by atoms with Crippen LogP contribution in [0.15, 0.2) is 0 Å². The topological polar surface area (TPSA) is 23.5 Å². The van der Waals surface area contributed by atoms with Crippen LogP contribution >= 0.6 is 0 Å². The molecule has 2 aliphatic rings. The fraction of sp³-hybridized carbons (Fsp3) is 1.00. The van der Waals surface area contributed by atoms with Crippen molar-refractivity contribution in [2.24, 2.45) is 0 Å². The lowest BCUT2D eigenvalue weighted by atomic mass is 10.0. The largest absolute Gasteiger partial charge is 0.392 e. The highest BCUT2D eigenvalue weighted by atomic mass is 16.3. The van der Waals surface area contributed by atoms with Gasteiger partial charge in [-0.25, -0.2) is 0 Å². The Balaban J connectivity index is 1.85.